The van der Waals surface area contributed by atoms with Crippen molar-refractivity contribution in [2.24, 2.45) is 5.92 Å². The molecule has 1 fully saturated rings. The van der Waals surface area contributed by atoms with E-state index < -0.39 is 6.10 Å². The third-order valence-electron chi connectivity index (χ3n) is 3.80. The highest BCUT2D eigenvalue weighted by molar-refractivity contribution is 5.93. The summed E-state index contributed by atoms with van der Waals surface area (Å²) in [5, 5.41) is 12.6. The molecular formula is C14H22N2O4. The number of aromatic nitrogens is 1. The lowest BCUT2D eigenvalue weighted by Crippen LogP contribution is -2.36. The number of ether oxygens (including phenoxy) is 1. The zero-order valence-corrected chi connectivity index (χ0v) is 12.0. The van der Waals surface area contributed by atoms with Crippen LogP contribution in [0.25, 0.3) is 0 Å². The number of rotatable bonds is 6. The Kier molecular flexibility index (Phi) is 5.14. The predicted molar refractivity (Wildman–Crippen MR) is 72.2 cm³/mol. The van der Waals surface area contributed by atoms with Crippen LogP contribution >= 0.6 is 0 Å². The van der Waals surface area contributed by atoms with Gasteiger partial charge in [0.1, 0.15) is 6.10 Å². The molecule has 1 aromatic heterocycles. The third kappa shape index (κ3) is 3.37. The summed E-state index contributed by atoms with van der Waals surface area (Å²) in [6.07, 6.45) is 3.18. The summed E-state index contributed by atoms with van der Waals surface area (Å²) in [4.78, 5) is 16.1. The topological polar surface area (TPSA) is 84.6 Å². The quantitative estimate of drug-likeness (QED) is 0.829. The first-order chi connectivity index (χ1) is 9.63. The number of carbonyl (C=O) groups is 1. The van der Waals surface area contributed by atoms with Crippen LogP contribution in [0.1, 0.15) is 55.5 Å². The van der Waals surface area contributed by atoms with Gasteiger partial charge in [0.15, 0.2) is 17.8 Å². The summed E-state index contributed by atoms with van der Waals surface area (Å²) < 4.78 is 10.8. The fourth-order valence-electron chi connectivity index (χ4n) is 2.19. The Hall–Kier alpha value is -1.40. The molecule has 6 nitrogen and oxygen atoms in total. The molecule has 2 heterocycles. The Morgan fingerprint density at radius 3 is 3.10 bits per heavy atom. The van der Waals surface area contributed by atoms with Crippen LogP contribution < -0.4 is 5.32 Å². The molecule has 1 aromatic rings. The summed E-state index contributed by atoms with van der Waals surface area (Å²) in [5.41, 5.74) is 0.258. The fraction of sp³-hybridized carbons (Fsp3) is 0.714. The SMILES string of the molecule is CCC(C)C(O)CNC(=O)c1ncoc1C1CCCO1. The number of carbonyl (C=O) groups excluding carboxylic acids is 1. The Labute approximate surface area is 118 Å². The molecule has 1 amide bonds. The normalized spacial score (nSPS) is 21.6. The monoisotopic (exact) mass is 282 g/mol. The molecule has 0 aromatic carbocycles. The maximum Gasteiger partial charge on any atom is 0.273 e. The first kappa shape index (κ1) is 15.0. The zero-order chi connectivity index (χ0) is 14.5. The molecule has 3 unspecified atom stereocenters. The Morgan fingerprint density at radius 2 is 2.45 bits per heavy atom. The Balaban J connectivity index is 1.94. The van der Waals surface area contributed by atoms with Gasteiger partial charge in [-0.05, 0) is 18.8 Å². The van der Waals surface area contributed by atoms with Crippen molar-refractivity contribution in [3.05, 3.63) is 17.8 Å². The minimum absolute atomic E-state index is 0.144. The highest BCUT2D eigenvalue weighted by Crippen LogP contribution is 2.30. The molecule has 0 spiro atoms. The second kappa shape index (κ2) is 6.85. The Bertz CT molecular complexity index is 440. The van der Waals surface area contributed by atoms with Gasteiger partial charge < -0.3 is 19.6 Å². The van der Waals surface area contributed by atoms with Crippen LogP contribution in [-0.2, 0) is 4.74 Å². The molecule has 0 saturated carbocycles. The standard InChI is InChI=1S/C14H22N2O4/c1-3-9(2)10(17)7-15-14(18)12-13(20-8-16-12)11-5-4-6-19-11/h8-11,17H,3-7H2,1-2H3,(H,15,18). The molecule has 20 heavy (non-hydrogen) atoms. The Morgan fingerprint density at radius 1 is 1.65 bits per heavy atom. The molecule has 0 aliphatic carbocycles. The van der Waals surface area contributed by atoms with Gasteiger partial charge in [-0.3, -0.25) is 4.79 Å². The van der Waals surface area contributed by atoms with Gasteiger partial charge in [-0.2, -0.15) is 0 Å². The smallest absolute Gasteiger partial charge is 0.273 e. The van der Waals surface area contributed by atoms with Crippen LogP contribution in [0.2, 0.25) is 0 Å². The lowest BCUT2D eigenvalue weighted by atomic mass is 10.0. The van der Waals surface area contributed by atoms with Crippen molar-refractivity contribution >= 4 is 5.91 Å². The van der Waals surface area contributed by atoms with E-state index in [1.807, 2.05) is 13.8 Å². The molecule has 1 aliphatic rings. The highest BCUT2D eigenvalue weighted by atomic mass is 16.5. The highest BCUT2D eigenvalue weighted by Gasteiger charge is 2.28. The van der Waals surface area contributed by atoms with Crippen molar-refractivity contribution < 1.29 is 19.1 Å². The molecule has 2 N–H and O–H groups in total. The van der Waals surface area contributed by atoms with Crippen molar-refractivity contribution in [1.82, 2.24) is 10.3 Å². The molecule has 0 bridgehead atoms. The van der Waals surface area contributed by atoms with Crippen LogP contribution in [0.3, 0.4) is 0 Å². The van der Waals surface area contributed by atoms with Gasteiger partial charge in [0.2, 0.25) is 0 Å². The van der Waals surface area contributed by atoms with Crippen molar-refractivity contribution in [2.45, 2.75) is 45.3 Å². The van der Waals surface area contributed by atoms with Crippen molar-refractivity contribution in [3.63, 3.8) is 0 Å². The van der Waals surface area contributed by atoms with E-state index in [0.717, 1.165) is 19.3 Å². The van der Waals surface area contributed by atoms with E-state index in [0.29, 0.717) is 12.4 Å². The number of nitrogens with zero attached hydrogens (tertiary/aromatic N) is 1. The van der Waals surface area contributed by atoms with Crippen LogP contribution in [0.15, 0.2) is 10.8 Å². The molecule has 3 atom stereocenters. The van der Waals surface area contributed by atoms with Crippen molar-refractivity contribution in [3.8, 4) is 0 Å². The van der Waals surface area contributed by atoms with Crippen LogP contribution in [-0.4, -0.2) is 35.3 Å². The first-order valence-corrected chi connectivity index (χ1v) is 7.14. The second-order valence-electron chi connectivity index (χ2n) is 5.23. The number of hydrogen-bond acceptors (Lipinski definition) is 5. The van der Waals surface area contributed by atoms with E-state index >= 15 is 0 Å². The van der Waals surface area contributed by atoms with Crippen LogP contribution in [0.5, 0.6) is 0 Å². The lowest BCUT2D eigenvalue weighted by Gasteiger charge is -2.17. The van der Waals surface area contributed by atoms with Gasteiger partial charge in [0.05, 0.1) is 6.10 Å². The average Bonchev–Trinajstić information content (AvgIpc) is 3.12. The minimum Gasteiger partial charge on any atom is -0.445 e. The number of nitrogens with one attached hydrogen (secondary N) is 1. The largest absolute Gasteiger partial charge is 0.445 e. The van der Waals surface area contributed by atoms with Gasteiger partial charge in [-0.15, -0.1) is 0 Å². The molecular weight excluding hydrogens is 260 g/mol. The molecule has 1 aliphatic heterocycles. The van der Waals surface area contributed by atoms with E-state index in [1.165, 1.54) is 6.39 Å². The number of amides is 1. The first-order valence-electron chi connectivity index (χ1n) is 7.14. The average molecular weight is 282 g/mol. The zero-order valence-electron chi connectivity index (χ0n) is 12.0. The molecule has 112 valence electrons. The summed E-state index contributed by atoms with van der Waals surface area (Å²) in [6, 6.07) is 0. The minimum atomic E-state index is -0.554. The van der Waals surface area contributed by atoms with Crippen LogP contribution in [0.4, 0.5) is 0 Å². The summed E-state index contributed by atoms with van der Waals surface area (Å²) >= 11 is 0. The van der Waals surface area contributed by atoms with E-state index in [9.17, 15) is 9.90 Å². The molecule has 6 heteroatoms. The van der Waals surface area contributed by atoms with Crippen molar-refractivity contribution in [2.75, 3.05) is 13.2 Å². The molecule has 1 saturated heterocycles. The number of oxazole rings is 1. The van der Waals surface area contributed by atoms with E-state index in [1.54, 1.807) is 0 Å². The number of hydrogen-bond donors (Lipinski definition) is 2. The van der Waals surface area contributed by atoms with Gasteiger partial charge in [-0.25, -0.2) is 4.98 Å². The fourth-order valence-corrected chi connectivity index (χ4v) is 2.19. The van der Waals surface area contributed by atoms with Gasteiger partial charge in [0.25, 0.3) is 5.91 Å². The van der Waals surface area contributed by atoms with Crippen molar-refractivity contribution in [1.29, 1.82) is 0 Å². The summed E-state index contributed by atoms with van der Waals surface area (Å²) in [5.74, 6) is 0.301. The third-order valence-corrected chi connectivity index (χ3v) is 3.80. The van der Waals surface area contributed by atoms with Gasteiger partial charge in [0, 0.05) is 13.2 Å². The maximum atomic E-state index is 12.1. The second-order valence-corrected chi connectivity index (χ2v) is 5.23. The molecule has 0 radical (unpaired) electrons. The van der Waals surface area contributed by atoms with E-state index in [4.69, 9.17) is 9.15 Å². The maximum absolute atomic E-state index is 12.1. The van der Waals surface area contributed by atoms with Crippen LogP contribution in [0, 0.1) is 5.92 Å². The predicted octanol–water partition coefficient (Wildman–Crippen LogP) is 1.66. The lowest BCUT2D eigenvalue weighted by molar-refractivity contribution is 0.0804. The van der Waals surface area contributed by atoms with Gasteiger partial charge in [-0.1, -0.05) is 20.3 Å². The number of aliphatic hydroxyl groups excluding tert-OH is 1. The van der Waals surface area contributed by atoms with E-state index in [2.05, 4.69) is 10.3 Å². The van der Waals surface area contributed by atoms with E-state index in [-0.39, 0.29) is 30.2 Å². The summed E-state index contributed by atoms with van der Waals surface area (Å²) in [7, 11) is 0. The number of aliphatic hydroxyl groups is 1. The summed E-state index contributed by atoms with van der Waals surface area (Å²) in [6.45, 7) is 4.85. The van der Waals surface area contributed by atoms with Gasteiger partial charge >= 0.3 is 0 Å². The molecule has 2 rings (SSSR count).